The van der Waals surface area contributed by atoms with Crippen LogP contribution in [0.1, 0.15) is 16.8 Å². The highest BCUT2D eigenvalue weighted by molar-refractivity contribution is 6.32. The summed E-state index contributed by atoms with van der Waals surface area (Å²) in [5.41, 5.74) is 0.0137. The zero-order valence-corrected chi connectivity index (χ0v) is 11.8. The average Bonchev–Trinajstić information content (AvgIpc) is 2.75. The zero-order chi connectivity index (χ0) is 15.1. The van der Waals surface area contributed by atoms with Crippen LogP contribution in [0.3, 0.4) is 0 Å². The van der Waals surface area contributed by atoms with Gasteiger partial charge in [0.25, 0.3) is 5.91 Å². The molecule has 1 aromatic rings. The number of pyridine rings is 1. The Balaban J connectivity index is 1.81. The summed E-state index contributed by atoms with van der Waals surface area (Å²) in [5, 5.41) is 9.08. The lowest BCUT2D eigenvalue weighted by Gasteiger charge is -2.32. The SMILES string of the molecule is O=C(c1cc(F)cnc1Cl)N1CC2CC(C1)N(C(=O)O)C2. The molecule has 1 N–H and O–H groups in total. The van der Waals surface area contributed by atoms with Gasteiger partial charge in [0, 0.05) is 19.6 Å². The molecule has 3 heterocycles. The quantitative estimate of drug-likeness (QED) is 0.801. The van der Waals surface area contributed by atoms with Gasteiger partial charge in [0.2, 0.25) is 0 Å². The number of fused-ring (bicyclic) bond motifs is 2. The Morgan fingerprint density at radius 3 is 2.86 bits per heavy atom. The van der Waals surface area contributed by atoms with Crippen molar-refractivity contribution >= 4 is 23.6 Å². The first kappa shape index (κ1) is 14.1. The van der Waals surface area contributed by atoms with Crippen molar-refractivity contribution < 1.29 is 19.1 Å². The van der Waals surface area contributed by atoms with E-state index in [9.17, 15) is 14.0 Å². The summed E-state index contributed by atoms with van der Waals surface area (Å²) >= 11 is 5.85. The molecule has 2 aliphatic rings. The zero-order valence-electron chi connectivity index (χ0n) is 11.0. The van der Waals surface area contributed by atoms with Crippen LogP contribution in [-0.2, 0) is 0 Å². The van der Waals surface area contributed by atoms with Crippen LogP contribution in [0.5, 0.6) is 0 Å². The fourth-order valence-electron chi connectivity index (χ4n) is 3.10. The van der Waals surface area contributed by atoms with Gasteiger partial charge < -0.3 is 14.9 Å². The molecule has 0 radical (unpaired) electrons. The Kier molecular flexibility index (Phi) is 3.44. The van der Waals surface area contributed by atoms with Crippen LogP contribution in [-0.4, -0.2) is 57.6 Å². The second-order valence-corrected chi connectivity index (χ2v) is 5.75. The lowest BCUT2D eigenvalue weighted by Crippen LogP contribution is -2.46. The Hall–Kier alpha value is -1.89. The number of rotatable bonds is 1. The van der Waals surface area contributed by atoms with E-state index in [1.807, 2.05) is 0 Å². The molecule has 2 atom stereocenters. The van der Waals surface area contributed by atoms with Crippen LogP contribution in [0.4, 0.5) is 9.18 Å². The van der Waals surface area contributed by atoms with Gasteiger partial charge in [0.1, 0.15) is 11.0 Å². The van der Waals surface area contributed by atoms with Gasteiger partial charge >= 0.3 is 6.09 Å². The number of likely N-dealkylation sites (tertiary alicyclic amines) is 2. The normalized spacial score (nSPS) is 24.3. The lowest BCUT2D eigenvalue weighted by atomic mass is 9.99. The Morgan fingerprint density at radius 2 is 2.14 bits per heavy atom. The van der Waals surface area contributed by atoms with E-state index in [-0.39, 0.29) is 22.7 Å². The highest BCUT2D eigenvalue weighted by Gasteiger charge is 2.42. The van der Waals surface area contributed by atoms with Gasteiger partial charge in [-0.1, -0.05) is 11.6 Å². The van der Waals surface area contributed by atoms with Crippen molar-refractivity contribution in [2.75, 3.05) is 19.6 Å². The fraction of sp³-hybridized carbons (Fsp3) is 0.462. The van der Waals surface area contributed by atoms with E-state index >= 15 is 0 Å². The van der Waals surface area contributed by atoms with Crippen molar-refractivity contribution in [3.05, 3.63) is 28.8 Å². The molecule has 21 heavy (non-hydrogen) atoms. The van der Waals surface area contributed by atoms with E-state index in [2.05, 4.69) is 4.98 Å². The fourth-order valence-corrected chi connectivity index (χ4v) is 3.29. The van der Waals surface area contributed by atoms with Crippen molar-refractivity contribution in [2.45, 2.75) is 12.5 Å². The second kappa shape index (κ2) is 5.14. The summed E-state index contributed by atoms with van der Waals surface area (Å²) in [6.45, 7) is 1.18. The molecule has 2 unspecified atom stereocenters. The van der Waals surface area contributed by atoms with Gasteiger partial charge in [-0.25, -0.2) is 14.2 Å². The molecule has 8 heteroatoms. The lowest BCUT2D eigenvalue weighted by molar-refractivity contribution is 0.0664. The Morgan fingerprint density at radius 1 is 1.38 bits per heavy atom. The van der Waals surface area contributed by atoms with Crippen molar-refractivity contribution in [3.8, 4) is 0 Å². The third-order valence-corrected chi connectivity index (χ3v) is 4.28. The molecule has 0 aromatic carbocycles. The molecular weight excluding hydrogens is 301 g/mol. The molecule has 112 valence electrons. The van der Waals surface area contributed by atoms with Gasteiger partial charge in [0.05, 0.1) is 17.8 Å². The number of hydrogen-bond acceptors (Lipinski definition) is 3. The van der Waals surface area contributed by atoms with E-state index in [0.29, 0.717) is 19.6 Å². The molecule has 2 bridgehead atoms. The first-order valence-corrected chi connectivity index (χ1v) is 6.93. The van der Waals surface area contributed by atoms with Crippen molar-refractivity contribution in [2.24, 2.45) is 5.92 Å². The number of carbonyl (C=O) groups excluding carboxylic acids is 1. The van der Waals surface area contributed by atoms with Gasteiger partial charge in [-0.15, -0.1) is 0 Å². The first-order valence-electron chi connectivity index (χ1n) is 6.55. The van der Waals surface area contributed by atoms with E-state index in [1.54, 1.807) is 0 Å². The summed E-state index contributed by atoms with van der Waals surface area (Å²) in [5.74, 6) is -0.923. The molecule has 3 rings (SSSR count). The number of aromatic nitrogens is 1. The third kappa shape index (κ3) is 2.53. The number of amides is 2. The molecule has 2 fully saturated rings. The smallest absolute Gasteiger partial charge is 0.407 e. The first-order chi connectivity index (χ1) is 9.95. The summed E-state index contributed by atoms with van der Waals surface area (Å²) < 4.78 is 13.2. The van der Waals surface area contributed by atoms with Crippen molar-refractivity contribution in [1.29, 1.82) is 0 Å². The highest BCUT2D eigenvalue weighted by Crippen LogP contribution is 2.31. The molecule has 2 amide bonds. The van der Waals surface area contributed by atoms with Gasteiger partial charge in [-0.05, 0) is 18.4 Å². The summed E-state index contributed by atoms with van der Waals surface area (Å²) in [4.78, 5) is 30.1. The minimum Gasteiger partial charge on any atom is -0.465 e. The number of carbonyl (C=O) groups is 2. The molecule has 2 saturated heterocycles. The standard InChI is InChI=1S/C13H13ClFN3O3/c14-11-10(2-8(15)3-16-11)12(19)17-4-7-1-9(6-17)18(5-7)13(20)21/h2-3,7,9H,1,4-6H2,(H,20,21). The maximum absolute atomic E-state index is 13.2. The summed E-state index contributed by atoms with van der Waals surface area (Å²) in [6, 6.07) is 0.855. The predicted molar refractivity (Wildman–Crippen MR) is 71.7 cm³/mol. The van der Waals surface area contributed by atoms with Gasteiger partial charge in [-0.3, -0.25) is 4.79 Å². The van der Waals surface area contributed by atoms with Crippen LogP contribution in [0.15, 0.2) is 12.3 Å². The topological polar surface area (TPSA) is 73.7 Å². The third-order valence-electron chi connectivity index (χ3n) is 3.98. The van der Waals surface area contributed by atoms with Crippen LogP contribution in [0.25, 0.3) is 0 Å². The average molecular weight is 314 g/mol. The minimum absolute atomic E-state index is 0.0137. The highest BCUT2D eigenvalue weighted by atomic mass is 35.5. The van der Waals surface area contributed by atoms with E-state index in [1.165, 1.54) is 9.80 Å². The maximum Gasteiger partial charge on any atom is 0.407 e. The van der Waals surface area contributed by atoms with Gasteiger partial charge in [-0.2, -0.15) is 0 Å². The van der Waals surface area contributed by atoms with Crippen LogP contribution >= 0.6 is 11.6 Å². The number of hydrogen-bond donors (Lipinski definition) is 1. The molecule has 0 spiro atoms. The molecule has 0 aliphatic carbocycles. The Bertz CT molecular complexity index is 612. The second-order valence-electron chi connectivity index (χ2n) is 5.39. The van der Waals surface area contributed by atoms with Crippen LogP contribution in [0.2, 0.25) is 5.15 Å². The van der Waals surface area contributed by atoms with Crippen molar-refractivity contribution in [3.63, 3.8) is 0 Å². The number of piperidine rings is 1. The number of nitrogens with zero attached hydrogens (tertiary/aromatic N) is 3. The number of halogens is 2. The molecular formula is C13H13ClFN3O3. The van der Waals surface area contributed by atoms with Crippen LogP contribution in [0, 0.1) is 11.7 Å². The van der Waals surface area contributed by atoms with Gasteiger partial charge in [0.15, 0.2) is 0 Å². The van der Waals surface area contributed by atoms with Crippen LogP contribution < -0.4 is 0 Å². The molecule has 2 aliphatic heterocycles. The molecule has 0 saturated carbocycles. The number of carboxylic acid groups (broad SMARTS) is 1. The largest absolute Gasteiger partial charge is 0.465 e. The van der Waals surface area contributed by atoms with Crippen molar-refractivity contribution in [1.82, 2.24) is 14.8 Å². The van der Waals surface area contributed by atoms with E-state index in [4.69, 9.17) is 16.7 Å². The minimum atomic E-state index is -0.970. The predicted octanol–water partition coefficient (Wildman–Crippen LogP) is 1.70. The Labute approximate surface area is 125 Å². The van der Waals surface area contributed by atoms with E-state index in [0.717, 1.165) is 18.7 Å². The summed E-state index contributed by atoms with van der Waals surface area (Å²) in [7, 11) is 0. The molecule has 6 nitrogen and oxygen atoms in total. The summed E-state index contributed by atoms with van der Waals surface area (Å²) in [6.07, 6.45) is 0.735. The monoisotopic (exact) mass is 313 g/mol. The maximum atomic E-state index is 13.2. The molecule has 1 aromatic heterocycles. The van der Waals surface area contributed by atoms with E-state index < -0.39 is 17.8 Å².